The Balaban J connectivity index is 1.82. The van der Waals surface area contributed by atoms with Crippen LogP contribution >= 0.6 is 0 Å². The van der Waals surface area contributed by atoms with Crippen LogP contribution in [0.2, 0.25) is 0 Å². The van der Waals surface area contributed by atoms with Gasteiger partial charge in [0.15, 0.2) is 0 Å². The van der Waals surface area contributed by atoms with E-state index in [4.69, 9.17) is 0 Å². The molecule has 0 aliphatic heterocycles. The summed E-state index contributed by atoms with van der Waals surface area (Å²) in [5, 5.41) is 2.97. The maximum atomic E-state index is 12.3. The van der Waals surface area contributed by atoms with Gasteiger partial charge in [-0.15, -0.1) is 0 Å². The van der Waals surface area contributed by atoms with Crippen molar-refractivity contribution in [2.24, 2.45) is 0 Å². The summed E-state index contributed by atoms with van der Waals surface area (Å²) in [5.74, 6) is 0.00204. The fraction of sp³-hybridized carbons (Fsp3) is 0.524. The van der Waals surface area contributed by atoms with E-state index >= 15 is 0 Å². The third-order valence-corrected chi connectivity index (χ3v) is 4.81. The molecule has 0 unspecified atom stereocenters. The van der Waals surface area contributed by atoms with Crippen LogP contribution in [0.3, 0.4) is 0 Å². The van der Waals surface area contributed by atoms with Gasteiger partial charge in [0.05, 0.1) is 0 Å². The van der Waals surface area contributed by atoms with Gasteiger partial charge in [-0.2, -0.15) is 0 Å². The smallest absolute Gasteiger partial charge is 0.226 e. The summed E-state index contributed by atoms with van der Waals surface area (Å²) in [6.07, 6.45) is 9.30. The number of allylic oxidation sites excluding steroid dienone is 1. The standard InChI is InChI=1S/C21H30N2O2/c1-3-19-11-7-8-12-20(19)22-21(25)14-16-23(17(2)24)15-13-18-9-5-4-6-10-18/h7-9,11-12H,3-6,10,13-16H2,1-2H3,(H,22,25). The lowest BCUT2D eigenvalue weighted by Gasteiger charge is -2.22. The van der Waals surface area contributed by atoms with E-state index in [-0.39, 0.29) is 11.8 Å². The van der Waals surface area contributed by atoms with Gasteiger partial charge in [0.1, 0.15) is 0 Å². The molecule has 0 saturated heterocycles. The van der Waals surface area contributed by atoms with Crippen LogP contribution in [0.4, 0.5) is 5.69 Å². The van der Waals surface area contributed by atoms with E-state index in [2.05, 4.69) is 18.3 Å². The van der Waals surface area contributed by atoms with Crippen LogP contribution in [0, 0.1) is 0 Å². The maximum Gasteiger partial charge on any atom is 0.226 e. The number of hydrogen-bond acceptors (Lipinski definition) is 2. The molecule has 0 fully saturated rings. The third-order valence-electron chi connectivity index (χ3n) is 4.81. The van der Waals surface area contributed by atoms with Gasteiger partial charge in [0.2, 0.25) is 11.8 Å². The number of nitrogens with one attached hydrogen (secondary N) is 1. The molecule has 0 spiro atoms. The number of benzene rings is 1. The highest BCUT2D eigenvalue weighted by Crippen LogP contribution is 2.20. The van der Waals surface area contributed by atoms with Crippen molar-refractivity contribution in [3.8, 4) is 0 Å². The molecule has 1 N–H and O–H groups in total. The Morgan fingerprint density at radius 2 is 1.96 bits per heavy atom. The fourth-order valence-corrected chi connectivity index (χ4v) is 3.24. The zero-order chi connectivity index (χ0) is 18.1. The van der Waals surface area contributed by atoms with Crippen molar-refractivity contribution in [1.82, 2.24) is 4.90 Å². The Morgan fingerprint density at radius 3 is 2.64 bits per heavy atom. The minimum Gasteiger partial charge on any atom is -0.342 e. The molecule has 0 bridgehead atoms. The molecule has 1 aromatic carbocycles. The number of nitrogens with zero attached hydrogens (tertiary/aromatic N) is 1. The number of para-hydroxylation sites is 1. The first-order valence-corrected chi connectivity index (χ1v) is 9.41. The van der Waals surface area contributed by atoms with Gasteiger partial charge in [-0.1, -0.05) is 36.8 Å². The minimum atomic E-state index is -0.0379. The van der Waals surface area contributed by atoms with Crippen molar-refractivity contribution in [3.05, 3.63) is 41.5 Å². The Hall–Kier alpha value is -2.10. The quantitative estimate of drug-likeness (QED) is 0.715. The summed E-state index contributed by atoms with van der Waals surface area (Å²) >= 11 is 0. The van der Waals surface area contributed by atoms with E-state index in [0.717, 1.165) is 36.9 Å². The summed E-state index contributed by atoms with van der Waals surface area (Å²) in [6.45, 7) is 4.84. The zero-order valence-corrected chi connectivity index (χ0v) is 15.5. The zero-order valence-electron chi connectivity index (χ0n) is 15.5. The Bertz CT molecular complexity index is 622. The van der Waals surface area contributed by atoms with Gasteiger partial charge in [-0.25, -0.2) is 0 Å². The molecular weight excluding hydrogens is 312 g/mol. The molecule has 0 heterocycles. The average molecular weight is 342 g/mol. The summed E-state index contributed by atoms with van der Waals surface area (Å²) in [6, 6.07) is 7.85. The third kappa shape index (κ3) is 6.37. The lowest BCUT2D eigenvalue weighted by Crippen LogP contribution is -2.33. The van der Waals surface area contributed by atoms with Crippen molar-refractivity contribution >= 4 is 17.5 Å². The van der Waals surface area contributed by atoms with Crippen LogP contribution in [-0.2, 0) is 16.0 Å². The van der Waals surface area contributed by atoms with Crippen molar-refractivity contribution in [2.75, 3.05) is 18.4 Å². The Morgan fingerprint density at radius 1 is 1.16 bits per heavy atom. The SMILES string of the molecule is CCc1ccccc1NC(=O)CCN(CCC1=CCCCC1)C(C)=O. The van der Waals surface area contributed by atoms with Crippen molar-refractivity contribution in [2.45, 2.75) is 58.8 Å². The van der Waals surface area contributed by atoms with Crippen LogP contribution in [0.5, 0.6) is 0 Å². The number of carbonyl (C=O) groups excluding carboxylic acids is 2. The number of carbonyl (C=O) groups is 2. The lowest BCUT2D eigenvalue weighted by atomic mass is 9.97. The van der Waals surface area contributed by atoms with Crippen LogP contribution in [-0.4, -0.2) is 29.8 Å². The van der Waals surface area contributed by atoms with Crippen LogP contribution in [0.1, 0.15) is 57.9 Å². The first-order chi connectivity index (χ1) is 12.1. The summed E-state index contributed by atoms with van der Waals surface area (Å²) in [5.41, 5.74) is 3.46. The van der Waals surface area contributed by atoms with E-state index in [1.54, 1.807) is 11.8 Å². The van der Waals surface area contributed by atoms with E-state index in [0.29, 0.717) is 19.5 Å². The van der Waals surface area contributed by atoms with Gasteiger partial charge in [0, 0.05) is 32.1 Å². The molecule has 136 valence electrons. The van der Waals surface area contributed by atoms with Crippen LogP contribution in [0.15, 0.2) is 35.9 Å². The molecule has 0 atom stereocenters. The predicted molar refractivity (Wildman–Crippen MR) is 102 cm³/mol. The number of amides is 2. The molecule has 2 rings (SSSR count). The topological polar surface area (TPSA) is 49.4 Å². The van der Waals surface area contributed by atoms with Gasteiger partial charge in [0.25, 0.3) is 0 Å². The summed E-state index contributed by atoms with van der Waals surface area (Å²) < 4.78 is 0. The second kappa shape index (κ2) is 10.0. The number of hydrogen-bond donors (Lipinski definition) is 1. The van der Waals surface area contributed by atoms with E-state index in [9.17, 15) is 9.59 Å². The Labute approximate surface area is 151 Å². The second-order valence-electron chi connectivity index (χ2n) is 6.67. The highest BCUT2D eigenvalue weighted by atomic mass is 16.2. The Kier molecular flexibility index (Phi) is 7.71. The lowest BCUT2D eigenvalue weighted by molar-refractivity contribution is -0.129. The number of anilines is 1. The monoisotopic (exact) mass is 342 g/mol. The normalized spacial score (nSPS) is 13.9. The van der Waals surface area contributed by atoms with Crippen molar-refractivity contribution in [1.29, 1.82) is 0 Å². The van der Waals surface area contributed by atoms with E-state index in [1.807, 2.05) is 24.3 Å². The molecular formula is C21H30N2O2. The molecule has 4 heteroatoms. The second-order valence-corrected chi connectivity index (χ2v) is 6.67. The molecule has 2 amide bonds. The molecule has 1 aliphatic rings. The maximum absolute atomic E-state index is 12.3. The van der Waals surface area contributed by atoms with Gasteiger partial charge in [-0.05, 0) is 50.2 Å². The number of aryl methyl sites for hydroxylation is 1. The van der Waals surface area contributed by atoms with Crippen molar-refractivity contribution in [3.63, 3.8) is 0 Å². The molecule has 25 heavy (non-hydrogen) atoms. The fourth-order valence-electron chi connectivity index (χ4n) is 3.24. The van der Waals surface area contributed by atoms with Crippen LogP contribution < -0.4 is 5.32 Å². The highest BCUT2D eigenvalue weighted by molar-refractivity contribution is 5.91. The van der Waals surface area contributed by atoms with E-state index < -0.39 is 0 Å². The summed E-state index contributed by atoms with van der Waals surface area (Å²) in [4.78, 5) is 25.9. The van der Waals surface area contributed by atoms with E-state index in [1.165, 1.54) is 18.4 Å². The molecule has 0 saturated carbocycles. The largest absolute Gasteiger partial charge is 0.342 e. The molecule has 4 nitrogen and oxygen atoms in total. The van der Waals surface area contributed by atoms with Gasteiger partial charge < -0.3 is 10.2 Å². The molecule has 0 radical (unpaired) electrons. The number of rotatable bonds is 8. The first kappa shape index (κ1) is 19.2. The van der Waals surface area contributed by atoms with Crippen LogP contribution in [0.25, 0.3) is 0 Å². The van der Waals surface area contributed by atoms with Gasteiger partial charge in [-0.3, -0.25) is 9.59 Å². The molecule has 1 aromatic rings. The average Bonchev–Trinajstić information content (AvgIpc) is 2.62. The minimum absolute atomic E-state index is 0.0379. The predicted octanol–water partition coefficient (Wildman–Crippen LogP) is 4.32. The molecule has 0 aromatic heterocycles. The summed E-state index contributed by atoms with van der Waals surface area (Å²) in [7, 11) is 0. The van der Waals surface area contributed by atoms with Gasteiger partial charge >= 0.3 is 0 Å². The van der Waals surface area contributed by atoms with Crippen molar-refractivity contribution < 1.29 is 9.59 Å². The molecule has 1 aliphatic carbocycles. The first-order valence-electron chi connectivity index (χ1n) is 9.41. The highest BCUT2D eigenvalue weighted by Gasteiger charge is 2.13.